The number of carbonyl (C=O) groups excluding carboxylic acids is 1. The van der Waals surface area contributed by atoms with Crippen LogP contribution in [0, 0.1) is 6.92 Å². The smallest absolute Gasteiger partial charge is 0.344 e. The molecule has 0 unspecified atom stereocenters. The van der Waals surface area contributed by atoms with Gasteiger partial charge in [0, 0.05) is 11.1 Å². The highest BCUT2D eigenvalue weighted by Gasteiger charge is 2.14. The molecule has 0 aliphatic heterocycles. The van der Waals surface area contributed by atoms with Gasteiger partial charge in [-0.15, -0.1) is 0 Å². The number of hydrogen-bond acceptors (Lipinski definition) is 3. The lowest BCUT2D eigenvalue weighted by molar-refractivity contribution is 0.102. The van der Waals surface area contributed by atoms with Crippen LogP contribution in [0.15, 0.2) is 75.9 Å². The molecule has 4 rings (SSSR count). The van der Waals surface area contributed by atoms with E-state index in [1.54, 1.807) is 42.5 Å². The van der Waals surface area contributed by atoms with Gasteiger partial charge in [-0.05, 0) is 54.4 Å². The zero-order chi connectivity index (χ0) is 20.5. The van der Waals surface area contributed by atoms with E-state index in [1.165, 1.54) is 0 Å². The third kappa shape index (κ3) is 3.77. The van der Waals surface area contributed by atoms with Gasteiger partial charge in [0.2, 0.25) is 0 Å². The topological polar surface area (TPSA) is 59.3 Å². The van der Waals surface area contributed by atoms with Gasteiger partial charge < -0.3 is 9.73 Å². The van der Waals surface area contributed by atoms with E-state index < -0.39 is 5.63 Å². The number of amides is 1. The van der Waals surface area contributed by atoms with Gasteiger partial charge in [0.1, 0.15) is 5.58 Å². The van der Waals surface area contributed by atoms with Gasteiger partial charge in [0.25, 0.3) is 5.91 Å². The SMILES string of the molecule is Cc1cc(NC(=O)c2cccc(Cl)c2Cl)ccc1-c1cc2ccccc2oc1=O. The van der Waals surface area contributed by atoms with Crippen molar-refractivity contribution in [1.82, 2.24) is 0 Å². The molecule has 29 heavy (non-hydrogen) atoms. The highest BCUT2D eigenvalue weighted by molar-refractivity contribution is 6.44. The van der Waals surface area contributed by atoms with Crippen molar-refractivity contribution in [3.8, 4) is 11.1 Å². The van der Waals surface area contributed by atoms with Crippen LogP contribution in [-0.2, 0) is 0 Å². The van der Waals surface area contributed by atoms with Crippen LogP contribution in [0.4, 0.5) is 5.69 Å². The van der Waals surface area contributed by atoms with Gasteiger partial charge in [-0.3, -0.25) is 4.79 Å². The van der Waals surface area contributed by atoms with Crippen LogP contribution in [0.1, 0.15) is 15.9 Å². The molecule has 0 saturated heterocycles. The average Bonchev–Trinajstić information content (AvgIpc) is 2.70. The fourth-order valence-corrected chi connectivity index (χ4v) is 3.56. The summed E-state index contributed by atoms with van der Waals surface area (Å²) >= 11 is 12.1. The van der Waals surface area contributed by atoms with E-state index in [0.717, 1.165) is 16.5 Å². The maximum absolute atomic E-state index is 12.5. The molecule has 0 radical (unpaired) electrons. The quantitative estimate of drug-likeness (QED) is 0.391. The summed E-state index contributed by atoms with van der Waals surface area (Å²) in [5.74, 6) is -0.366. The average molecular weight is 424 g/mol. The fourth-order valence-electron chi connectivity index (χ4n) is 3.17. The second kappa shape index (κ2) is 7.74. The minimum Gasteiger partial charge on any atom is -0.422 e. The number of anilines is 1. The first-order chi connectivity index (χ1) is 13.9. The molecule has 4 nitrogen and oxygen atoms in total. The van der Waals surface area contributed by atoms with Crippen LogP contribution in [0.2, 0.25) is 10.0 Å². The van der Waals surface area contributed by atoms with Crippen molar-refractivity contribution in [3.05, 3.63) is 98.3 Å². The molecule has 0 fully saturated rings. The minimum atomic E-state index is -0.408. The van der Waals surface area contributed by atoms with Crippen LogP contribution in [-0.4, -0.2) is 5.91 Å². The lowest BCUT2D eigenvalue weighted by Gasteiger charge is -2.11. The van der Waals surface area contributed by atoms with Gasteiger partial charge in [-0.1, -0.05) is 53.5 Å². The molecule has 0 aliphatic carbocycles. The lowest BCUT2D eigenvalue weighted by Crippen LogP contribution is -2.13. The molecule has 0 saturated carbocycles. The van der Waals surface area contributed by atoms with Crippen LogP contribution in [0.5, 0.6) is 0 Å². The van der Waals surface area contributed by atoms with E-state index in [9.17, 15) is 9.59 Å². The zero-order valence-corrected chi connectivity index (χ0v) is 16.8. The van der Waals surface area contributed by atoms with Crippen molar-refractivity contribution >= 4 is 45.8 Å². The second-order valence-electron chi connectivity index (χ2n) is 6.57. The Morgan fingerprint density at radius 1 is 0.931 bits per heavy atom. The standard InChI is InChI=1S/C23H15Cl2NO3/c1-13-11-15(26-22(27)17-6-4-7-19(24)21(17)25)9-10-16(13)18-12-14-5-2-3-8-20(14)29-23(18)28/h2-12H,1H3,(H,26,27). The largest absolute Gasteiger partial charge is 0.422 e. The van der Waals surface area contributed by atoms with Crippen LogP contribution in [0.3, 0.4) is 0 Å². The van der Waals surface area contributed by atoms with Crippen LogP contribution < -0.4 is 10.9 Å². The maximum atomic E-state index is 12.5. The molecule has 144 valence electrons. The van der Waals surface area contributed by atoms with E-state index in [0.29, 0.717) is 21.9 Å². The summed E-state index contributed by atoms with van der Waals surface area (Å²) in [6.45, 7) is 1.87. The van der Waals surface area contributed by atoms with Crippen LogP contribution in [0.25, 0.3) is 22.1 Å². The molecule has 0 aliphatic rings. The molecule has 0 atom stereocenters. The molecule has 6 heteroatoms. The third-order valence-corrected chi connectivity index (χ3v) is 5.43. The Hall–Kier alpha value is -3.08. The van der Waals surface area contributed by atoms with E-state index >= 15 is 0 Å². The predicted molar refractivity (Wildman–Crippen MR) is 117 cm³/mol. The number of halogens is 2. The summed E-state index contributed by atoms with van der Waals surface area (Å²) in [5, 5.41) is 4.16. The van der Waals surface area contributed by atoms with E-state index in [2.05, 4.69) is 5.32 Å². The summed E-state index contributed by atoms with van der Waals surface area (Å²) in [4.78, 5) is 25.0. The number of fused-ring (bicyclic) bond motifs is 1. The number of rotatable bonds is 3. The Morgan fingerprint density at radius 2 is 1.72 bits per heavy atom. The van der Waals surface area contributed by atoms with E-state index in [1.807, 2.05) is 31.2 Å². The van der Waals surface area contributed by atoms with Crippen molar-refractivity contribution in [2.45, 2.75) is 6.92 Å². The van der Waals surface area contributed by atoms with Crippen molar-refractivity contribution in [1.29, 1.82) is 0 Å². The Morgan fingerprint density at radius 3 is 2.52 bits per heavy atom. The first-order valence-electron chi connectivity index (χ1n) is 8.83. The lowest BCUT2D eigenvalue weighted by atomic mass is 10.0. The summed E-state index contributed by atoms with van der Waals surface area (Å²) < 4.78 is 5.43. The predicted octanol–water partition coefficient (Wildman–Crippen LogP) is 6.33. The Balaban J connectivity index is 1.67. The van der Waals surface area contributed by atoms with Gasteiger partial charge in [-0.25, -0.2) is 4.79 Å². The summed E-state index contributed by atoms with van der Waals surface area (Å²) in [5.41, 5.74) is 3.03. The van der Waals surface area contributed by atoms with Gasteiger partial charge in [0.05, 0.1) is 21.2 Å². The molecule has 1 N–H and O–H groups in total. The van der Waals surface area contributed by atoms with Gasteiger partial charge in [-0.2, -0.15) is 0 Å². The zero-order valence-electron chi connectivity index (χ0n) is 15.3. The number of aryl methyl sites for hydroxylation is 1. The van der Waals surface area contributed by atoms with Gasteiger partial charge >= 0.3 is 5.63 Å². The Kier molecular flexibility index (Phi) is 5.14. The number of para-hydroxylation sites is 1. The number of nitrogens with one attached hydrogen (secondary N) is 1. The molecular formula is C23H15Cl2NO3. The molecule has 0 spiro atoms. The van der Waals surface area contributed by atoms with Crippen molar-refractivity contribution < 1.29 is 9.21 Å². The molecule has 4 aromatic rings. The first kappa shape index (κ1) is 19.2. The second-order valence-corrected chi connectivity index (χ2v) is 7.36. The molecular weight excluding hydrogens is 409 g/mol. The molecule has 3 aromatic carbocycles. The fraction of sp³-hybridized carbons (Fsp3) is 0.0435. The highest BCUT2D eigenvalue weighted by atomic mass is 35.5. The van der Waals surface area contributed by atoms with Crippen molar-refractivity contribution in [2.24, 2.45) is 0 Å². The molecule has 1 heterocycles. The summed E-state index contributed by atoms with van der Waals surface area (Å²) in [6.07, 6.45) is 0. The Bertz CT molecular complexity index is 1310. The minimum absolute atomic E-state index is 0.203. The monoisotopic (exact) mass is 423 g/mol. The van der Waals surface area contributed by atoms with Crippen molar-refractivity contribution in [2.75, 3.05) is 5.32 Å². The number of hydrogen-bond donors (Lipinski definition) is 1. The maximum Gasteiger partial charge on any atom is 0.344 e. The highest BCUT2D eigenvalue weighted by Crippen LogP contribution is 2.28. The Labute approximate surface area is 176 Å². The summed E-state index contributed by atoms with van der Waals surface area (Å²) in [7, 11) is 0. The van der Waals surface area contributed by atoms with E-state index in [-0.39, 0.29) is 16.5 Å². The van der Waals surface area contributed by atoms with Crippen LogP contribution >= 0.6 is 23.2 Å². The molecule has 0 bridgehead atoms. The summed E-state index contributed by atoms with van der Waals surface area (Å²) in [6, 6.07) is 19.4. The van der Waals surface area contributed by atoms with E-state index in [4.69, 9.17) is 27.6 Å². The van der Waals surface area contributed by atoms with Gasteiger partial charge in [0.15, 0.2) is 0 Å². The molecule has 1 aromatic heterocycles. The normalized spacial score (nSPS) is 10.9. The molecule has 1 amide bonds. The third-order valence-electron chi connectivity index (χ3n) is 4.61. The van der Waals surface area contributed by atoms with Crippen molar-refractivity contribution in [3.63, 3.8) is 0 Å². The number of carbonyl (C=O) groups is 1. The number of benzene rings is 3. The first-order valence-corrected chi connectivity index (χ1v) is 9.59.